The molecule has 1 aliphatic rings. The molecule has 1 amide bonds. The highest BCUT2D eigenvalue weighted by molar-refractivity contribution is 7.98. The van der Waals surface area contributed by atoms with Crippen molar-refractivity contribution in [3.63, 3.8) is 0 Å². The second kappa shape index (κ2) is 7.02. The maximum Gasteiger partial charge on any atom is 0.258 e. The molecule has 25 heavy (non-hydrogen) atoms. The number of amides is 1. The van der Waals surface area contributed by atoms with Gasteiger partial charge in [0.25, 0.3) is 5.91 Å². The number of carbonyl (C=O) groups excluding carboxylic acids is 1. The Morgan fingerprint density at radius 1 is 1.20 bits per heavy atom. The van der Waals surface area contributed by atoms with Crippen LogP contribution in [0.15, 0.2) is 58.8 Å². The summed E-state index contributed by atoms with van der Waals surface area (Å²) in [6.45, 7) is 2.79. The predicted molar refractivity (Wildman–Crippen MR) is 105 cm³/mol. The van der Waals surface area contributed by atoms with Gasteiger partial charge in [-0.25, -0.2) is 4.98 Å². The van der Waals surface area contributed by atoms with Gasteiger partial charge in [-0.2, -0.15) is 0 Å². The normalized spacial score (nSPS) is 13.1. The van der Waals surface area contributed by atoms with Crippen molar-refractivity contribution < 1.29 is 4.79 Å². The van der Waals surface area contributed by atoms with Gasteiger partial charge in [-0.1, -0.05) is 18.2 Å². The number of nitrogens with zero attached hydrogens (tertiary/aromatic N) is 2. The zero-order valence-corrected chi connectivity index (χ0v) is 15.6. The average molecular weight is 367 g/mol. The molecule has 2 heterocycles. The third kappa shape index (κ3) is 3.48. The predicted octanol–water partition coefficient (Wildman–Crippen LogP) is 4.95. The van der Waals surface area contributed by atoms with E-state index >= 15 is 0 Å². The molecule has 0 atom stereocenters. The molecule has 126 valence electrons. The van der Waals surface area contributed by atoms with Crippen molar-refractivity contribution in [1.29, 1.82) is 0 Å². The molecule has 0 N–H and O–H groups in total. The first-order valence-corrected chi connectivity index (χ1v) is 10.1. The Balaban J connectivity index is 1.44. The second-order valence-corrected chi connectivity index (χ2v) is 8.12. The van der Waals surface area contributed by atoms with Crippen LogP contribution in [0.5, 0.6) is 0 Å². The lowest BCUT2D eigenvalue weighted by atomic mass is 10.1. The zero-order valence-electron chi connectivity index (χ0n) is 13.9. The molecule has 3 aromatic rings. The second-order valence-electron chi connectivity index (χ2n) is 6.01. The number of para-hydroxylation sites is 1. The van der Waals surface area contributed by atoms with Crippen molar-refractivity contribution in [3.8, 4) is 0 Å². The highest BCUT2D eigenvalue weighted by Gasteiger charge is 2.24. The van der Waals surface area contributed by atoms with Crippen molar-refractivity contribution in [3.05, 3.63) is 75.7 Å². The van der Waals surface area contributed by atoms with E-state index in [1.165, 1.54) is 5.56 Å². The molecule has 0 saturated carbocycles. The average Bonchev–Trinajstić information content (AvgIpc) is 3.26. The first-order valence-electron chi connectivity index (χ1n) is 8.24. The monoisotopic (exact) mass is 366 g/mol. The summed E-state index contributed by atoms with van der Waals surface area (Å²) in [5, 5.41) is 3.20. The van der Waals surface area contributed by atoms with Gasteiger partial charge in [0.15, 0.2) is 0 Å². The summed E-state index contributed by atoms with van der Waals surface area (Å²) < 4.78 is 0. The van der Waals surface area contributed by atoms with Crippen LogP contribution in [0.3, 0.4) is 0 Å². The number of rotatable bonds is 4. The van der Waals surface area contributed by atoms with E-state index in [-0.39, 0.29) is 5.91 Å². The number of hydrogen-bond acceptors (Lipinski definition) is 4. The molecule has 5 heteroatoms. The van der Waals surface area contributed by atoms with Gasteiger partial charge in [0.05, 0.1) is 10.7 Å². The van der Waals surface area contributed by atoms with Crippen LogP contribution in [0, 0.1) is 6.92 Å². The van der Waals surface area contributed by atoms with Crippen LogP contribution in [0.25, 0.3) is 0 Å². The van der Waals surface area contributed by atoms with E-state index < -0.39 is 0 Å². The lowest BCUT2D eigenvalue weighted by Gasteiger charge is -2.17. The van der Waals surface area contributed by atoms with E-state index in [4.69, 9.17) is 0 Å². The van der Waals surface area contributed by atoms with Gasteiger partial charge >= 0.3 is 0 Å². The molecule has 2 aromatic carbocycles. The number of aromatic nitrogens is 1. The Morgan fingerprint density at radius 3 is 2.76 bits per heavy atom. The summed E-state index contributed by atoms with van der Waals surface area (Å²) in [5.74, 6) is 0.938. The highest BCUT2D eigenvalue weighted by Crippen LogP contribution is 2.29. The van der Waals surface area contributed by atoms with E-state index in [2.05, 4.69) is 16.4 Å². The number of benzene rings is 2. The van der Waals surface area contributed by atoms with Crippen molar-refractivity contribution in [2.75, 3.05) is 11.4 Å². The summed E-state index contributed by atoms with van der Waals surface area (Å²) >= 11 is 3.43. The first kappa shape index (κ1) is 16.4. The first-order chi connectivity index (χ1) is 12.2. The summed E-state index contributed by atoms with van der Waals surface area (Å²) in [4.78, 5) is 20.3. The van der Waals surface area contributed by atoms with Gasteiger partial charge in [0.1, 0.15) is 0 Å². The topological polar surface area (TPSA) is 33.2 Å². The number of fused-ring (bicyclic) bond motifs is 1. The van der Waals surface area contributed by atoms with Gasteiger partial charge in [0, 0.05) is 33.8 Å². The summed E-state index contributed by atoms with van der Waals surface area (Å²) in [7, 11) is 0. The molecule has 4 rings (SSSR count). The molecule has 0 unspecified atom stereocenters. The van der Waals surface area contributed by atoms with Crippen LogP contribution in [0.2, 0.25) is 0 Å². The molecular weight excluding hydrogens is 348 g/mol. The molecule has 0 bridgehead atoms. The number of hydrogen-bond donors (Lipinski definition) is 0. The molecule has 0 spiro atoms. The van der Waals surface area contributed by atoms with Crippen molar-refractivity contribution >= 4 is 34.7 Å². The van der Waals surface area contributed by atoms with Gasteiger partial charge in [-0.05, 0) is 49.2 Å². The van der Waals surface area contributed by atoms with E-state index in [0.29, 0.717) is 0 Å². The molecule has 0 radical (unpaired) electrons. The Labute approximate surface area is 155 Å². The summed E-state index contributed by atoms with van der Waals surface area (Å²) in [6.07, 6.45) is 0.933. The quantitative estimate of drug-likeness (QED) is 0.613. The minimum Gasteiger partial charge on any atom is -0.308 e. The van der Waals surface area contributed by atoms with Gasteiger partial charge in [-0.15, -0.1) is 23.1 Å². The van der Waals surface area contributed by atoms with Crippen LogP contribution in [-0.2, 0) is 12.2 Å². The third-order valence-corrected chi connectivity index (χ3v) is 6.15. The molecule has 1 aliphatic heterocycles. The van der Waals surface area contributed by atoms with E-state index in [9.17, 15) is 4.79 Å². The molecule has 0 saturated heterocycles. The van der Waals surface area contributed by atoms with Crippen LogP contribution >= 0.6 is 23.1 Å². The van der Waals surface area contributed by atoms with Crippen molar-refractivity contribution in [1.82, 2.24) is 4.98 Å². The Bertz CT molecular complexity index is 902. The van der Waals surface area contributed by atoms with Crippen LogP contribution < -0.4 is 4.90 Å². The smallest absolute Gasteiger partial charge is 0.258 e. The molecular formula is C20H18N2OS2. The maximum absolute atomic E-state index is 12.8. The summed E-state index contributed by atoms with van der Waals surface area (Å²) in [6, 6.07) is 16.1. The fourth-order valence-electron chi connectivity index (χ4n) is 3.03. The SMILES string of the molecule is Cc1nc(CSc2ccc(C(=O)N3CCc4ccccc43)cc2)cs1. The van der Waals surface area contributed by atoms with Crippen LogP contribution in [0.1, 0.15) is 26.6 Å². The minimum absolute atomic E-state index is 0.0802. The molecule has 0 fully saturated rings. The van der Waals surface area contributed by atoms with Crippen LogP contribution in [0.4, 0.5) is 5.69 Å². The minimum atomic E-state index is 0.0802. The highest BCUT2D eigenvalue weighted by atomic mass is 32.2. The summed E-state index contributed by atoms with van der Waals surface area (Å²) in [5.41, 5.74) is 4.15. The molecule has 0 aliphatic carbocycles. The van der Waals surface area contributed by atoms with E-state index in [0.717, 1.165) is 45.6 Å². The van der Waals surface area contributed by atoms with Crippen molar-refractivity contribution in [2.45, 2.75) is 24.0 Å². The van der Waals surface area contributed by atoms with E-state index in [1.807, 2.05) is 54.3 Å². The fourth-order valence-corrected chi connectivity index (χ4v) is 4.54. The fraction of sp³-hybridized carbons (Fsp3) is 0.200. The Hall–Kier alpha value is -2.11. The lowest BCUT2D eigenvalue weighted by molar-refractivity contribution is 0.0989. The van der Waals surface area contributed by atoms with Crippen LogP contribution in [-0.4, -0.2) is 17.4 Å². The standard InChI is InChI=1S/C20H18N2OS2/c1-14-21-17(12-24-14)13-25-18-8-6-16(7-9-18)20(23)22-11-10-15-4-2-3-5-19(15)22/h2-9,12H,10-11,13H2,1H3. The third-order valence-electron chi connectivity index (χ3n) is 4.29. The van der Waals surface area contributed by atoms with Crippen molar-refractivity contribution in [2.24, 2.45) is 0 Å². The Morgan fingerprint density at radius 2 is 2.00 bits per heavy atom. The number of carbonyl (C=O) groups is 1. The number of thiazole rings is 1. The maximum atomic E-state index is 12.8. The molecule has 3 nitrogen and oxygen atoms in total. The Kier molecular flexibility index (Phi) is 4.59. The van der Waals surface area contributed by atoms with Gasteiger partial charge in [-0.3, -0.25) is 4.79 Å². The largest absolute Gasteiger partial charge is 0.308 e. The number of aryl methyl sites for hydroxylation is 1. The lowest BCUT2D eigenvalue weighted by Crippen LogP contribution is -2.28. The zero-order chi connectivity index (χ0) is 17.2. The van der Waals surface area contributed by atoms with Gasteiger partial charge < -0.3 is 4.90 Å². The number of thioether (sulfide) groups is 1. The van der Waals surface area contributed by atoms with Gasteiger partial charge in [0.2, 0.25) is 0 Å². The van der Waals surface area contributed by atoms with E-state index in [1.54, 1.807) is 23.1 Å². The number of anilines is 1. The molecule has 1 aromatic heterocycles.